The number of ether oxygens (including phenoxy) is 3. The lowest BCUT2D eigenvalue weighted by atomic mass is 9.87. The van der Waals surface area contributed by atoms with Crippen LogP contribution in [0.25, 0.3) is 0 Å². The van der Waals surface area contributed by atoms with E-state index in [2.05, 4.69) is 36.9 Å². The van der Waals surface area contributed by atoms with Crippen molar-refractivity contribution in [3.63, 3.8) is 0 Å². The molecule has 3 N–H and O–H groups in total. The Morgan fingerprint density at radius 2 is 1.35 bits per heavy atom. The van der Waals surface area contributed by atoms with Gasteiger partial charge in [0.25, 0.3) is 11.8 Å². The predicted octanol–water partition coefficient (Wildman–Crippen LogP) is 2.96. The summed E-state index contributed by atoms with van der Waals surface area (Å²) >= 11 is 5.09. The fourth-order valence-electron chi connectivity index (χ4n) is 2.73. The molecule has 8 nitrogen and oxygen atoms in total. The van der Waals surface area contributed by atoms with Crippen molar-refractivity contribution in [2.45, 2.75) is 26.2 Å². The van der Waals surface area contributed by atoms with Gasteiger partial charge < -0.3 is 14.2 Å². The number of carbonyl (C=O) groups is 2. The number of nitrogens with one attached hydrogen (secondary N) is 3. The van der Waals surface area contributed by atoms with Gasteiger partial charge in [-0.25, -0.2) is 0 Å². The summed E-state index contributed by atoms with van der Waals surface area (Å²) in [5, 5.41) is 2.42. The number of benzene rings is 2. The molecule has 0 heterocycles. The third-order valence-electron chi connectivity index (χ3n) is 4.46. The molecule has 0 spiro atoms. The molecule has 9 heteroatoms. The maximum Gasteiger partial charge on any atom is 0.269 e. The molecule has 0 saturated heterocycles. The number of thiocarbonyl (C=S) groups is 1. The largest absolute Gasteiger partial charge is 0.493 e. The molecule has 0 aliphatic carbocycles. The molecule has 2 aromatic rings. The van der Waals surface area contributed by atoms with E-state index in [1.54, 1.807) is 12.1 Å². The molecule has 2 aromatic carbocycles. The minimum Gasteiger partial charge on any atom is -0.493 e. The van der Waals surface area contributed by atoms with Gasteiger partial charge in [-0.3, -0.25) is 25.8 Å². The number of hydrogen-bond donors (Lipinski definition) is 3. The molecule has 2 amide bonds. The molecule has 166 valence electrons. The van der Waals surface area contributed by atoms with Crippen molar-refractivity contribution in [1.29, 1.82) is 0 Å². The van der Waals surface area contributed by atoms with Gasteiger partial charge in [0, 0.05) is 11.1 Å². The topological polar surface area (TPSA) is 97.9 Å². The smallest absolute Gasteiger partial charge is 0.269 e. The van der Waals surface area contributed by atoms with Crippen LogP contribution in [0.15, 0.2) is 36.4 Å². The van der Waals surface area contributed by atoms with E-state index < -0.39 is 5.91 Å². The summed E-state index contributed by atoms with van der Waals surface area (Å²) in [6.45, 7) is 6.29. The zero-order valence-electron chi connectivity index (χ0n) is 18.4. The maximum atomic E-state index is 12.5. The molecule has 0 saturated carbocycles. The Morgan fingerprint density at radius 3 is 1.81 bits per heavy atom. The Morgan fingerprint density at radius 1 is 0.806 bits per heavy atom. The van der Waals surface area contributed by atoms with Crippen molar-refractivity contribution in [2.75, 3.05) is 21.3 Å². The van der Waals surface area contributed by atoms with Crippen molar-refractivity contribution in [1.82, 2.24) is 16.2 Å². The second-order valence-electron chi connectivity index (χ2n) is 7.60. The second kappa shape index (κ2) is 10.1. The highest BCUT2D eigenvalue weighted by molar-refractivity contribution is 7.80. The molecule has 31 heavy (non-hydrogen) atoms. The standard InChI is InChI=1S/C22H27N3O5S/c1-22(2,3)15-9-7-13(8-10-15)20(27)24-25-21(31)23-19(26)14-11-16(28-4)18(30-6)17(12-14)29-5/h7-12H,1-6H3,(H,24,27)(H2,23,25,26,31). The number of methoxy groups -OCH3 is 3. The molecule has 0 fully saturated rings. The minimum absolute atomic E-state index is 0.00801. The van der Waals surface area contributed by atoms with Gasteiger partial charge in [0.2, 0.25) is 5.75 Å². The van der Waals surface area contributed by atoms with Crippen molar-refractivity contribution in [2.24, 2.45) is 0 Å². The summed E-state index contributed by atoms with van der Waals surface area (Å²) in [5.74, 6) is 0.133. The molecule has 0 aliphatic rings. The number of hydrogen-bond acceptors (Lipinski definition) is 6. The number of amides is 2. The molecule has 0 atom stereocenters. The zero-order valence-corrected chi connectivity index (χ0v) is 19.2. The summed E-state index contributed by atoms with van der Waals surface area (Å²) < 4.78 is 15.7. The van der Waals surface area contributed by atoms with Crippen molar-refractivity contribution in [3.8, 4) is 17.2 Å². The number of hydrazine groups is 1. The summed E-state index contributed by atoms with van der Waals surface area (Å²) in [5.41, 5.74) is 6.79. The third-order valence-corrected chi connectivity index (χ3v) is 4.66. The number of rotatable bonds is 5. The lowest BCUT2D eigenvalue weighted by Gasteiger charge is -2.19. The minimum atomic E-state index is -0.513. The second-order valence-corrected chi connectivity index (χ2v) is 8.01. The van der Waals surface area contributed by atoms with E-state index in [1.165, 1.54) is 33.5 Å². The van der Waals surface area contributed by atoms with Crippen LogP contribution in [0.4, 0.5) is 0 Å². The molecule has 0 aliphatic heterocycles. The third kappa shape index (κ3) is 6.08. The molecular weight excluding hydrogens is 418 g/mol. The quantitative estimate of drug-likeness (QED) is 0.481. The van der Waals surface area contributed by atoms with Crippen LogP contribution in [0.3, 0.4) is 0 Å². The maximum absolute atomic E-state index is 12.5. The van der Waals surface area contributed by atoms with E-state index in [1.807, 2.05) is 12.1 Å². The first-order chi connectivity index (χ1) is 14.6. The Labute approximate surface area is 187 Å². The molecule has 0 radical (unpaired) electrons. The van der Waals surface area contributed by atoms with Crippen molar-refractivity contribution >= 4 is 29.1 Å². The lowest BCUT2D eigenvalue weighted by Crippen LogP contribution is -2.48. The predicted molar refractivity (Wildman–Crippen MR) is 122 cm³/mol. The van der Waals surface area contributed by atoms with Crippen LogP contribution < -0.4 is 30.4 Å². The monoisotopic (exact) mass is 445 g/mol. The van der Waals surface area contributed by atoms with Gasteiger partial charge in [-0.2, -0.15) is 0 Å². The van der Waals surface area contributed by atoms with Crippen molar-refractivity contribution in [3.05, 3.63) is 53.1 Å². The van der Waals surface area contributed by atoms with Crippen LogP contribution in [-0.2, 0) is 5.41 Å². The highest BCUT2D eigenvalue weighted by Gasteiger charge is 2.18. The van der Waals surface area contributed by atoms with Gasteiger partial charge in [-0.15, -0.1) is 0 Å². The van der Waals surface area contributed by atoms with Gasteiger partial charge in [0.05, 0.1) is 21.3 Å². The first-order valence-corrected chi connectivity index (χ1v) is 9.83. The molecule has 0 unspecified atom stereocenters. The Hall–Kier alpha value is -3.33. The van der Waals surface area contributed by atoms with Crippen molar-refractivity contribution < 1.29 is 23.8 Å². The summed E-state index contributed by atoms with van der Waals surface area (Å²) in [6, 6.07) is 10.3. The average molecular weight is 446 g/mol. The van der Waals surface area contributed by atoms with E-state index >= 15 is 0 Å². The Bertz CT molecular complexity index is 943. The number of carbonyl (C=O) groups excluding carboxylic acids is 2. The highest BCUT2D eigenvalue weighted by atomic mass is 32.1. The normalized spacial score (nSPS) is 10.6. The van der Waals surface area contributed by atoms with Gasteiger partial charge in [0.1, 0.15) is 0 Å². The fraction of sp³-hybridized carbons (Fsp3) is 0.318. The summed E-state index contributed by atoms with van der Waals surface area (Å²) in [7, 11) is 4.38. The summed E-state index contributed by atoms with van der Waals surface area (Å²) in [6.07, 6.45) is 0. The zero-order chi connectivity index (χ0) is 23.2. The van der Waals surface area contributed by atoms with E-state index in [0.717, 1.165) is 5.56 Å². The Kier molecular flexibility index (Phi) is 7.82. The average Bonchev–Trinajstić information content (AvgIpc) is 2.75. The SMILES string of the molecule is COc1cc(C(=O)NC(=S)NNC(=O)c2ccc(C(C)(C)C)cc2)cc(OC)c1OC. The van der Waals surface area contributed by atoms with Gasteiger partial charge in [0.15, 0.2) is 16.6 Å². The lowest BCUT2D eigenvalue weighted by molar-refractivity contribution is 0.0934. The molecular formula is C22H27N3O5S. The van der Waals surface area contributed by atoms with Crippen LogP contribution >= 0.6 is 12.2 Å². The Balaban J connectivity index is 2.00. The molecule has 2 rings (SSSR count). The van der Waals surface area contributed by atoms with Gasteiger partial charge in [-0.1, -0.05) is 32.9 Å². The molecule has 0 bridgehead atoms. The van der Waals surface area contributed by atoms with Gasteiger partial charge in [-0.05, 0) is 47.5 Å². The van der Waals surface area contributed by atoms with E-state index in [4.69, 9.17) is 26.4 Å². The van der Waals surface area contributed by atoms with E-state index in [-0.39, 0.29) is 22.0 Å². The first kappa shape index (κ1) is 23.9. The van der Waals surface area contributed by atoms with Crippen LogP contribution in [0, 0.1) is 0 Å². The van der Waals surface area contributed by atoms with Crippen LogP contribution in [0.1, 0.15) is 47.1 Å². The fourth-order valence-corrected chi connectivity index (χ4v) is 2.87. The van der Waals surface area contributed by atoms with Crippen LogP contribution in [0.5, 0.6) is 17.2 Å². The highest BCUT2D eigenvalue weighted by Crippen LogP contribution is 2.38. The molecule has 0 aromatic heterocycles. The van der Waals surface area contributed by atoms with Gasteiger partial charge >= 0.3 is 0 Å². The summed E-state index contributed by atoms with van der Waals surface area (Å²) in [4.78, 5) is 24.8. The first-order valence-electron chi connectivity index (χ1n) is 9.43. The van der Waals surface area contributed by atoms with Crippen LogP contribution in [0.2, 0.25) is 0 Å². The van der Waals surface area contributed by atoms with E-state index in [0.29, 0.717) is 22.8 Å². The van der Waals surface area contributed by atoms with E-state index in [9.17, 15) is 9.59 Å². The van der Waals surface area contributed by atoms with Crippen LogP contribution in [-0.4, -0.2) is 38.3 Å².